The number of hydrogen-bond donors (Lipinski definition) is 1. The Morgan fingerprint density at radius 1 is 1.47 bits per heavy atom. The highest BCUT2D eigenvalue weighted by molar-refractivity contribution is 5.60. The van der Waals surface area contributed by atoms with Crippen LogP contribution >= 0.6 is 0 Å². The van der Waals surface area contributed by atoms with E-state index >= 15 is 0 Å². The molecule has 1 aromatic rings. The third-order valence-corrected chi connectivity index (χ3v) is 3.02. The van der Waals surface area contributed by atoms with Crippen LogP contribution in [0.1, 0.15) is 44.9 Å². The number of nitriles is 1. The second kappa shape index (κ2) is 5.90. The fourth-order valence-electron chi connectivity index (χ4n) is 2.06. The number of aliphatic hydroxyl groups is 1. The maximum Gasteiger partial charge on any atom is 0.0992 e. The molecule has 0 saturated carbocycles. The SMILES string of the molecule is C=CCN(c1cc(C#N)ccc1[C@@H](C)O)C(C)(C)C. The van der Waals surface area contributed by atoms with E-state index in [0.29, 0.717) is 12.1 Å². The molecular formula is C16H22N2O. The molecule has 19 heavy (non-hydrogen) atoms. The Hall–Kier alpha value is -1.79. The zero-order chi connectivity index (χ0) is 14.6. The van der Waals surface area contributed by atoms with Gasteiger partial charge in [0.1, 0.15) is 0 Å². The average Bonchev–Trinajstić information content (AvgIpc) is 2.33. The maximum atomic E-state index is 9.92. The number of aliphatic hydroxyl groups excluding tert-OH is 1. The van der Waals surface area contributed by atoms with Crippen molar-refractivity contribution in [1.29, 1.82) is 5.26 Å². The molecule has 102 valence electrons. The van der Waals surface area contributed by atoms with Gasteiger partial charge in [-0.05, 0) is 39.8 Å². The molecule has 3 nitrogen and oxygen atoms in total. The normalized spacial score (nSPS) is 12.6. The van der Waals surface area contributed by atoms with Crippen LogP contribution in [0, 0.1) is 11.3 Å². The molecule has 0 aliphatic rings. The van der Waals surface area contributed by atoms with Crippen molar-refractivity contribution in [2.45, 2.75) is 39.3 Å². The van der Waals surface area contributed by atoms with Crippen molar-refractivity contribution in [3.05, 3.63) is 42.0 Å². The van der Waals surface area contributed by atoms with E-state index < -0.39 is 6.10 Å². The first-order chi connectivity index (χ1) is 8.81. The first-order valence-electron chi connectivity index (χ1n) is 6.42. The third kappa shape index (κ3) is 3.59. The van der Waals surface area contributed by atoms with Crippen LogP contribution in [0.5, 0.6) is 0 Å². The molecule has 3 heteroatoms. The van der Waals surface area contributed by atoms with E-state index in [2.05, 4.69) is 38.3 Å². The van der Waals surface area contributed by atoms with Gasteiger partial charge in [-0.15, -0.1) is 6.58 Å². The van der Waals surface area contributed by atoms with E-state index in [1.165, 1.54) is 0 Å². The summed E-state index contributed by atoms with van der Waals surface area (Å²) in [7, 11) is 0. The van der Waals surface area contributed by atoms with Gasteiger partial charge in [0.15, 0.2) is 0 Å². The molecule has 0 aliphatic carbocycles. The van der Waals surface area contributed by atoms with Gasteiger partial charge < -0.3 is 10.0 Å². The Labute approximate surface area is 115 Å². The van der Waals surface area contributed by atoms with Gasteiger partial charge in [0.05, 0.1) is 17.7 Å². The van der Waals surface area contributed by atoms with Crippen LogP contribution in [0.4, 0.5) is 5.69 Å². The number of hydrogen-bond acceptors (Lipinski definition) is 3. The summed E-state index contributed by atoms with van der Waals surface area (Å²) >= 11 is 0. The highest BCUT2D eigenvalue weighted by atomic mass is 16.3. The number of benzene rings is 1. The van der Waals surface area contributed by atoms with Crippen molar-refractivity contribution in [1.82, 2.24) is 0 Å². The van der Waals surface area contributed by atoms with Crippen molar-refractivity contribution >= 4 is 5.69 Å². The van der Waals surface area contributed by atoms with Gasteiger partial charge in [0.2, 0.25) is 0 Å². The highest BCUT2D eigenvalue weighted by Crippen LogP contribution is 2.32. The van der Waals surface area contributed by atoms with Crippen LogP contribution in [0.3, 0.4) is 0 Å². The molecular weight excluding hydrogens is 236 g/mol. The molecule has 0 heterocycles. The number of anilines is 1. The Balaban J connectivity index is 3.42. The molecule has 1 N–H and O–H groups in total. The van der Waals surface area contributed by atoms with E-state index in [4.69, 9.17) is 5.26 Å². The molecule has 1 atom stereocenters. The minimum atomic E-state index is -0.572. The van der Waals surface area contributed by atoms with Crippen LogP contribution in [-0.4, -0.2) is 17.2 Å². The van der Waals surface area contributed by atoms with Gasteiger partial charge in [-0.25, -0.2) is 0 Å². The van der Waals surface area contributed by atoms with Crippen molar-refractivity contribution in [3.8, 4) is 6.07 Å². The highest BCUT2D eigenvalue weighted by Gasteiger charge is 2.24. The van der Waals surface area contributed by atoms with Crippen LogP contribution in [0.15, 0.2) is 30.9 Å². The maximum absolute atomic E-state index is 9.92. The monoisotopic (exact) mass is 258 g/mol. The first-order valence-corrected chi connectivity index (χ1v) is 6.42. The molecule has 1 aromatic carbocycles. The van der Waals surface area contributed by atoms with Crippen LogP contribution in [0.2, 0.25) is 0 Å². The lowest BCUT2D eigenvalue weighted by Crippen LogP contribution is -2.42. The zero-order valence-electron chi connectivity index (χ0n) is 12.1. The van der Waals surface area contributed by atoms with Gasteiger partial charge in [0.25, 0.3) is 0 Å². The van der Waals surface area contributed by atoms with Crippen molar-refractivity contribution in [3.63, 3.8) is 0 Å². The minimum absolute atomic E-state index is 0.119. The molecule has 0 aliphatic heterocycles. The van der Waals surface area contributed by atoms with Crippen LogP contribution < -0.4 is 4.90 Å². The number of rotatable bonds is 4. The van der Waals surface area contributed by atoms with Crippen molar-refractivity contribution < 1.29 is 5.11 Å². The Kier molecular flexibility index (Phi) is 4.74. The summed E-state index contributed by atoms with van der Waals surface area (Å²) in [6.45, 7) is 12.5. The predicted molar refractivity (Wildman–Crippen MR) is 79.1 cm³/mol. The van der Waals surface area contributed by atoms with Crippen molar-refractivity contribution in [2.24, 2.45) is 0 Å². The molecule has 0 unspecified atom stereocenters. The van der Waals surface area contributed by atoms with E-state index in [1.54, 1.807) is 13.0 Å². The van der Waals surface area contributed by atoms with E-state index in [-0.39, 0.29) is 5.54 Å². The topological polar surface area (TPSA) is 47.3 Å². The summed E-state index contributed by atoms with van der Waals surface area (Å²) in [5.41, 5.74) is 2.20. The molecule has 0 fully saturated rings. The largest absolute Gasteiger partial charge is 0.389 e. The first kappa shape index (κ1) is 15.3. The van der Waals surface area contributed by atoms with Gasteiger partial charge in [-0.3, -0.25) is 0 Å². The lowest BCUT2D eigenvalue weighted by atomic mass is 9.99. The van der Waals surface area contributed by atoms with E-state index in [1.807, 2.05) is 18.2 Å². The Bertz CT molecular complexity index is 492. The molecule has 0 amide bonds. The zero-order valence-corrected chi connectivity index (χ0v) is 12.1. The fourth-order valence-corrected chi connectivity index (χ4v) is 2.06. The lowest BCUT2D eigenvalue weighted by molar-refractivity contribution is 0.199. The summed E-state index contributed by atoms with van der Waals surface area (Å²) in [5, 5.41) is 19.0. The summed E-state index contributed by atoms with van der Waals surface area (Å²) in [5.74, 6) is 0. The molecule has 0 saturated heterocycles. The summed E-state index contributed by atoms with van der Waals surface area (Å²) in [4.78, 5) is 2.14. The smallest absolute Gasteiger partial charge is 0.0992 e. The minimum Gasteiger partial charge on any atom is -0.389 e. The fraction of sp³-hybridized carbons (Fsp3) is 0.438. The average molecular weight is 258 g/mol. The third-order valence-electron chi connectivity index (χ3n) is 3.02. The Morgan fingerprint density at radius 2 is 2.11 bits per heavy atom. The van der Waals surface area contributed by atoms with Gasteiger partial charge in [-0.1, -0.05) is 12.1 Å². The Morgan fingerprint density at radius 3 is 2.53 bits per heavy atom. The summed E-state index contributed by atoms with van der Waals surface area (Å²) in [6.07, 6.45) is 1.26. The second-order valence-corrected chi connectivity index (χ2v) is 5.63. The van der Waals surface area contributed by atoms with Gasteiger partial charge in [0, 0.05) is 23.3 Å². The van der Waals surface area contributed by atoms with Crippen molar-refractivity contribution in [2.75, 3.05) is 11.4 Å². The molecule has 0 spiro atoms. The van der Waals surface area contributed by atoms with Crippen LogP contribution in [-0.2, 0) is 0 Å². The summed E-state index contributed by atoms with van der Waals surface area (Å²) < 4.78 is 0. The predicted octanol–water partition coefficient (Wildman–Crippen LogP) is 3.40. The standard InChI is InChI=1S/C16H22N2O/c1-6-9-18(16(3,4)5)15-10-13(11-17)7-8-14(15)12(2)19/h6-8,10,12,19H,1,9H2,2-5H3/t12-/m1/s1. The number of nitrogens with zero attached hydrogens (tertiary/aromatic N) is 2. The van der Waals surface area contributed by atoms with Gasteiger partial charge in [-0.2, -0.15) is 5.26 Å². The molecule has 1 rings (SSSR count). The van der Waals surface area contributed by atoms with E-state index in [9.17, 15) is 5.11 Å². The quantitative estimate of drug-likeness (QED) is 0.842. The summed E-state index contributed by atoms with van der Waals surface area (Å²) in [6, 6.07) is 7.53. The lowest BCUT2D eigenvalue weighted by Gasteiger charge is -2.38. The molecule has 0 aromatic heterocycles. The molecule has 0 radical (unpaired) electrons. The van der Waals surface area contributed by atoms with Crippen LogP contribution in [0.25, 0.3) is 0 Å². The van der Waals surface area contributed by atoms with Gasteiger partial charge >= 0.3 is 0 Å². The molecule has 0 bridgehead atoms. The second-order valence-electron chi connectivity index (χ2n) is 5.63. The van der Waals surface area contributed by atoms with E-state index in [0.717, 1.165) is 11.3 Å².